The van der Waals surface area contributed by atoms with Gasteiger partial charge in [0, 0.05) is 16.3 Å². The summed E-state index contributed by atoms with van der Waals surface area (Å²) in [6.45, 7) is 4.03. The van der Waals surface area contributed by atoms with Crippen molar-refractivity contribution in [3.63, 3.8) is 0 Å². The monoisotopic (exact) mass is 435 g/mol. The zero-order valence-electron chi connectivity index (χ0n) is 16.3. The van der Waals surface area contributed by atoms with Gasteiger partial charge in [-0.2, -0.15) is 5.26 Å². The predicted octanol–water partition coefficient (Wildman–Crippen LogP) is 5.52. The van der Waals surface area contributed by atoms with Crippen LogP contribution in [0.2, 0.25) is 5.02 Å². The minimum atomic E-state index is -0.648. The van der Waals surface area contributed by atoms with Crippen molar-refractivity contribution in [2.45, 2.75) is 20.0 Å². The molecule has 2 aromatic carbocycles. The second-order valence-corrected chi connectivity index (χ2v) is 7.89. The molecule has 1 N–H and O–H groups in total. The average Bonchev–Trinajstić information content (AvgIpc) is 3.21. The number of aryl methyl sites for hydroxylation is 2. The Morgan fingerprint density at radius 3 is 2.50 bits per heavy atom. The molecule has 3 aromatic rings. The molecule has 1 atom stereocenters. The smallest absolute Gasteiger partial charge is 0.266 e. The number of hydrogen-bond donors (Lipinski definition) is 2. The molecular formula is C23H18ClN3O2S. The van der Waals surface area contributed by atoms with E-state index in [4.69, 9.17) is 16.0 Å². The third-order valence-corrected chi connectivity index (χ3v) is 5.80. The molecule has 1 aliphatic rings. The van der Waals surface area contributed by atoms with Crippen molar-refractivity contribution in [1.82, 2.24) is 5.32 Å². The number of rotatable bonds is 3. The minimum Gasteiger partial charge on any atom is -0.457 e. The van der Waals surface area contributed by atoms with E-state index in [2.05, 4.69) is 17.9 Å². The van der Waals surface area contributed by atoms with E-state index in [1.165, 1.54) is 0 Å². The van der Waals surface area contributed by atoms with Gasteiger partial charge in [-0.15, -0.1) is 12.6 Å². The maximum absolute atomic E-state index is 12.5. The maximum atomic E-state index is 12.5. The van der Waals surface area contributed by atoms with E-state index in [0.717, 1.165) is 22.4 Å². The molecule has 1 aliphatic heterocycles. The molecule has 0 radical (unpaired) electrons. The average molecular weight is 436 g/mol. The number of halogens is 1. The van der Waals surface area contributed by atoms with Crippen molar-refractivity contribution in [2.75, 3.05) is 4.90 Å². The van der Waals surface area contributed by atoms with Gasteiger partial charge >= 0.3 is 0 Å². The Labute approximate surface area is 185 Å². The molecule has 5 nitrogen and oxygen atoms in total. The maximum Gasteiger partial charge on any atom is 0.266 e. The van der Waals surface area contributed by atoms with Crippen LogP contribution in [0, 0.1) is 25.2 Å². The third kappa shape index (κ3) is 3.58. The number of hydrogen-bond acceptors (Lipinski definition) is 5. The summed E-state index contributed by atoms with van der Waals surface area (Å²) in [4.78, 5) is 14.3. The summed E-state index contributed by atoms with van der Waals surface area (Å²) in [5.74, 6) is 0.679. The van der Waals surface area contributed by atoms with E-state index in [-0.39, 0.29) is 10.6 Å². The predicted molar refractivity (Wildman–Crippen MR) is 120 cm³/mol. The van der Waals surface area contributed by atoms with Gasteiger partial charge in [-0.3, -0.25) is 4.79 Å². The first kappa shape index (κ1) is 20.1. The number of carbonyl (C=O) groups excluding carboxylic acids is 1. The van der Waals surface area contributed by atoms with Crippen LogP contribution in [0.15, 0.2) is 69.6 Å². The minimum absolute atomic E-state index is 0.0442. The van der Waals surface area contributed by atoms with Crippen LogP contribution in [0.5, 0.6) is 0 Å². The molecule has 150 valence electrons. The van der Waals surface area contributed by atoms with Crippen LogP contribution in [-0.2, 0) is 4.79 Å². The summed E-state index contributed by atoms with van der Waals surface area (Å²) in [6, 6.07) is 18.8. The Bertz CT molecular complexity index is 1210. The number of furan rings is 1. The van der Waals surface area contributed by atoms with E-state index in [9.17, 15) is 10.1 Å². The molecule has 30 heavy (non-hydrogen) atoms. The SMILES string of the molecule is Cc1ccc(N2C(S)=C(C#N)C(=O)NC2c2ccc(-c3ccc(Cl)cc3)o2)cc1C. The van der Waals surface area contributed by atoms with E-state index in [0.29, 0.717) is 16.5 Å². The number of nitriles is 1. The van der Waals surface area contributed by atoms with Gasteiger partial charge in [-0.25, -0.2) is 0 Å². The third-order valence-electron chi connectivity index (χ3n) is 5.11. The van der Waals surface area contributed by atoms with Gasteiger partial charge in [0.25, 0.3) is 5.91 Å². The van der Waals surface area contributed by atoms with Gasteiger partial charge in [0.1, 0.15) is 23.2 Å². The van der Waals surface area contributed by atoms with E-state index >= 15 is 0 Å². The van der Waals surface area contributed by atoms with E-state index in [1.807, 2.05) is 56.3 Å². The van der Waals surface area contributed by atoms with Gasteiger partial charge < -0.3 is 14.6 Å². The van der Waals surface area contributed by atoms with Crippen LogP contribution in [0.1, 0.15) is 23.1 Å². The molecule has 0 saturated heterocycles. The van der Waals surface area contributed by atoms with Crippen molar-refractivity contribution < 1.29 is 9.21 Å². The molecule has 2 heterocycles. The Kier molecular flexibility index (Phi) is 5.33. The van der Waals surface area contributed by atoms with Gasteiger partial charge in [0.15, 0.2) is 6.17 Å². The lowest BCUT2D eigenvalue weighted by Gasteiger charge is -2.36. The lowest BCUT2D eigenvalue weighted by molar-refractivity contribution is -0.118. The fourth-order valence-electron chi connectivity index (χ4n) is 3.32. The highest BCUT2D eigenvalue weighted by Crippen LogP contribution is 2.38. The largest absolute Gasteiger partial charge is 0.457 e. The second kappa shape index (κ2) is 7.94. The second-order valence-electron chi connectivity index (χ2n) is 7.03. The molecule has 0 aliphatic carbocycles. The van der Waals surface area contributed by atoms with Crippen LogP contribution >= 0.6 is 24.2 Å². The number of nitrogens with zero attached hydrogens (tertiary/aromatic N) is 2. The highest BCUT2D eigenvalue weighted by molar-refractivity contribution is 7.84. The van der Waals surface area contributed by atoms with Crippen LogP contribution < -0.4 is 10.2 Å². The summed E-state index contributed by atoms with van der Waals surface area (Å²) in [6.07, 6.45) is -0.648. The lowest BCUT2D eigenvalue weighted by atomic mass is 10.1. The standard InChI is InChI=1S/C23H18ClN3O2S/c1-13-3-8-17(11-14(13)2)27-21(26-22(28)18(12-25)23(27)30)20-10-9-19(29-20)15-4-6-16(24)7-5-15/h3-11,21,30H,1-2H3,(H,26,28). The number of thiol groups is 1. The van der Waals surface area contributed by atoms with E-state index in [1.54, 1.807) is 23.1 Å². The van der Waals surface area contributed by atoms with Crippen molar-refractivity contribution >= 4 is 35.8 Å². The molecular weight excluding hydrogens is 418 g/mol. The first-order valence-electron chi connectivity index (χ1n) is 9.25. The quantitative estimate of drug-likeness (QED) is 0.531. The molecule has 0 saturated carbocycles. The number of benzene rings is 2. The van der Waals surface area contributed by atoms with Gasteiger partial charge in [-0.1, -0.05) is 17.7 Å². The number of carbonyl (C=O) groups is 1. The zero-order chi connectivity index (χ0) is 21.4. The summed E-state index contributed by atoms with van der Waals surface area (Å²) >= 11 is 10.5. The Balaban J connectivity index is 1.80. The van der Waals surface area contributed by atoms with Crippen LogP contribution in [0.25, 0.3) is 11.3 Å². The Hall–Kier alpha value is -3.14. The fourth-order valence-corrected chi connectivity index (χ4v) is 3.83. The molecule has 0 bridgehead atoms. The summed E-state index contributed by atoms with van der Waals surface area (Å²) < 4.78 is 6.08. The van der Waals surface area contributed by atoms with Crippen molar-refractivity contribution in [1.29, 1.82) is 5.26 Å². The molecule has 1 aromatic heterocycles. The van der Waals surface area contributed by atoms with Gasteiger partial charge in [0.2, 0.25) is 0 Å². The van der Waals surface area contributed by atoms with Gasteiger partial charge in [0.05, 0.1) is 5.03 Å². The van der Waals surface area contributed by atoms with Crippen molar-refractivity contribution in [3.05, 3.63) is 87.1 Å². The highest BCUT2D eigenvalue weighted by Gasteiger charge is 2.36. The molecule has 1 amide bonds. The summed E-state index contributed by atoms with van der Waals surface area (Å²) in [5.41, 5.74) is 3.85. The van der Waals surface area contributed by atoms with Crippen molar-refractivity contribution in [3.8, 4) is 17.4 Å². The number of nitrogens with one attached hydrogen (secondary N) is 1. The zero-order valence-corrected chi connectivity index (χ0v) is 18.0. The first-order valence-corrected chi connectivity index (χ1v) is 10.1. The topological polar surface area (TPSA) is 69.3 Å². The van der Waals surface area contributed by atoms with E-state index < -0.39 is 12.1 Å². The number of amides is 1. The first-order chi connectivity index (χ1) is 14.4. The Morgan fingerprint density at radius 2 is 1.83 bits per heavy atom. The summed E-state index contributed by atoms with van der Waals surface area (Å²) in [5, 5.41) is 13.2. The molecule has 1 unspecified atom stereocenters. The fraction of sp³-hybridized carbons (Fsp3) is 0.130. The van der Waals surface area contributed by atoms with Crippen LogP contribution in [0.4, 0.5) is 5.69 Å². The summed E-state index contributed by atoms with van der Waals surface area (Å²) in [7, 11) is 0. The number of anilines is 1. The lowest BCUT2D eigenvalue weighted by Crippen LogP contribution is -2.45. The Morgan fingerprint density at radius 1 is 1.10 bits per heavy atom. The van der Waals surface area contributed by atoms with Gasteiger partial charge in [-0.05, 0) is 73.5 Å². The molecule has 0 fully saturated rings. The van der Waals surface area contributed by atoms with Crippen LogP contribution in [0.3, 0.4) is 0 Å². The van der Waals surface area contributed by atoms with Crippen LogP contribution in [-0.4, -0.2) is 5.91 Å². The normalized spacial score (nSPS) is 16.4. The molecule has 7 heteroatoms. The molecule has 0 spiro atoms. The molecule has 4 rings (SSSR count). The highest BCUT2D eigenvalue weighted by atomic mass is 35.5. The van der Waals surface area contributed by atoms with Crippen molar-refractivity contribution in [2.24, 2.45) is 0 Å².